The number of para-hydroxylation sites is 1. The molecule has 0 saturated carbocycles. The second-order valence-electron chi connectivity index (χ2n) is 5.31. The van der Waals surface area contributed by atoms with Crippen LogP contribution in [0.1, 0.15) is 23.0 Å². The maximum atomic E-state index is 12.3. The molecule has 128 valence electrons. The fourth-order valence-electron chi connectivity index (χ4n) is 2.41. The van der Waals surface area contributed by atoms with Crippen molar-refractivity contribution in [3.63, 3.8) is 0 Å². The number of esters is 1. The van der Waals surface area contributed by atoms with E-state index in [1.807, 2.05) is 19.1 Å². The number of aromatic nitrogens is 2. The van der Waals surface area contributed by atoms with Crippen molar-refractivity contribution in [3.8, 4) is 0 Å². The molecule has 25 heavy (non-hydrogen) atoms. The summed E-state index contributed by atoms with van der Waals surface area (Å²) in [6.07, 6.45) is 1.44. The number of carbonyl (C=O) groups is 1. The molecule has 2 heterocycles. The number of hydrogen-bond donors (Lipinski definition) is 1. The van der Waals surface area contributed by atoms with Gasteiger partial charge in [-0.3, -0.25) is 0 Å². The number of fused-ring (bicyclic) bond motifs is 1. The van der Waals surface area contributed by atoms with E-state index in [0.29, 0.717) is 32.5 Å². The summed E-state index contributed by atoms with van der Waals surface area (Å²) in [5.41, 5.74) is 2.63. The predicted octanol–water partition coefficient (Wildman–Crippen LogP) is 5.17. The Morgan fingerprint density at radius 2 is 1.88 bits per heavy atom. The van der Waals surface area contributed by atoms with Crippen LogP contribution in [-0.4, -0.2) is 22.5 Å². The first kappa shape index (κ1) is 17.5. The van der Waals surface area contributed by atoms with Crippen LogP contribution in [0, 0.1) is 6.92 Å². The van der Waals surface area contributed by atoms with E-state index in [2.05, 4.69) is 15.3 Å². The van der Waals surface area contributed by atoms with Gasteiger partial charge in [-0.2, -0.15) is 0 Å². The molecular formula is C18H15Cl2N3O2. The Hall–Kier alpha value is -2.37. The fraction of sp³-hybridized carbons (Fsp3) is 0.167. The summed E-state index contributed by atoms with van der Waals surface area (Å²) < 4.78 is 5.13. The van der Waals surface area contributed by atoms with E-state index in [1.54, 1.807) is 25.1 Å². The van der Waals surface area contributed by atoms with Gasteiger partial charge in [0.25, 0.3) is 0 Å². The lowest BCUT2D eigenvalue weighted by Crippen LogP contribution is -2.10. The number of pyridine rings is 2. The zero-order valence-corrected chi connectivity index (χ0v) is 15.1. The van der Waals surface area contributed by atoms with E-state index < -0.39 is 5.97 Å². The minimum atomic E-state index is -0.483. The molecule has 0 aliphatic carbocycles. The standard InChI is InChI=1S/C18H15Cl2N3O2/c1-3-25-18(24)12-9-21-17-11(8-7-10(2)22-17)15(12)23-16-13(19)5-4-6-14(16)20/h4-9H,3H2,1-2H3,(H,21,22,23). The summed E-state index contributed by atoms with van der Waals surface area (Å²) in [7, 11) is 0. The Kier molecular flexibility index (Phi) is 5.06. The molecule has 1 aromatic carbocycles. The molecule has 0 aliphatic rings. The summed E-state index contributed by atoms with van der Waals surface area (Å²) in [5, 5.41) is 4.71. The summed E-state index contributed by atoms with van der Waals surface area (Å²) in [6, 6.07) is 8.87. The van der Waals surface area contributed by atoms with Gasteiger partial charge >= 0.3 is 5.97 Å². The molecule has 0 fully saturated rings. The molecule has 1 N–H and O–H groups in total. The molecule has 3 rings (SSSR count). The molecule has 0 radical (unpaired) electrons. The Balaban J connectivity index is 2.22. The Labute approximate surface area is 155 Å². The number of halogens is 2. The Morgan fingerprint density at radius 1 is 1.16 bits per heavy atom. The van der Waals surface area contributed by atoms with E-state index in [4.69, 9.17) is 27.9 Å². The molecule has 0 bridgehead atoms. The highest BCUT2D eigenvalue weighted by molar-refractivity contribution is 6.39. The first-order valence-electron chi connectivity index (χ1n) is 7.65. The van der Waals surface area contributed by atoms with Crippen LogP contribution in [0.2, 0.25) is 10.0 Å². The van der Waals surface area contributed by atoms with E-state index in [-0.39, 0.29) is 12.2 Å². The largest absolute Gasteiger partial charge is 0.462 e. The van der Waals surface area contributed by atoms with Crippen LogP contribution in [0.3, 0.4) is 0 Å². The predicted molar refractivity (Wildman–Crippen MR) is 100.0 cm³/mol. The lowest BCUT2D eigenvalue weighted by atomic mass is 10.1. The monoisotopic (exact) mass is 375 g/mol. The fourth-order valence-corrected chi connectivity index (χ4v) is 2.90. The van der Waals surface area contributed by atoms with Crippen molar-refractivity contribution in [1.82, 2.24) is 9.97 Å². The van der Waals surface area contributed by atoms with Crippen molar-refractivity contribution in [2.45, 2.75) is 13.8 Å². The lowest BCUT2D eigenvalue weighted by Gasteiger charge is -2.15. The quantitative estimate of drug-likeness (QED) is 0.637. The molecule has 0 atom stereocenters. The molecule has 0 saturated heterocycles. The first-order chi connectivity index (χ1) is 12.0. The van der Waals surface area contributed by atoms with Crippen LogP contribution >= 0.6 is 23.2 Å². The van der Waals surface area contributed by atoms with Gasteiger partial charge in [-0.15, -0.1) is 0 Å². The lowest BCUT2D eigenvalue weighted by molar-refractivity contribution is 0.0527. The van der Waals surface area contributed by atoms with Gasteiger partial charge < -0.3 is 10.1 Å². The van der Waals surface area contributed by atoms with Gasteiger partial charge in [0.05, 0.1) is 28.0 Å². The third-order valence-corrected chi connectivity index (χ3v) is 4.21. The topological polar surface area (TPSA) is 64.1 Å². The number of rotatable bonds is 4. The maximum Gasteiger partial charge on any atom is 0.341 e. The van der Waals surface area contributed by atoms with Gasteiger partial charge in [-0.05, 0) is 38.1 Å². The van der Waals surface area contributed by atoms with Crippen molar-refractivity contribution >= 4 is 51.6 Å². The van der Waals surface area contributed by atoms with Gasteiger partial charge in [0.1, 0.15) is 5.56 Å². The third-order valence-electron chi connectivity index (χ3n) is 3.58. The number of ether oxygens (including phenoxy) is 1. The smallest absolute Gasteiger partial charge is 0.341 e. The number of nitrogens with one attached hydrogen (secondary N) is 1. The van der Waals surface area contributed by atoms with Gasteiger partial charge in [-0.25, -0.2) is 14.8 Å². The van der Waals surface area contributed by atoms with Crippen LogP contribution in [0.15, 0.2) is 36.5 Å². The number of anilines is 2. The number of aryl methyl sites for hydroxylation is 1. The van der Waals surface area contributed by atoms with Crippen LogP contribution in [0.4, 0.5) is 11.4 Å². The van der Waals surface area contributed by atoms with Crippen LogP contribution in [0.25, 0.3) is 11.0 Å². The molecule has 7 heteroatoms. The van der Waals surface area contributed by atoms with E-state index in [0.717, 1.165) is 5.69 Å². The zero-order chi connectivity index (χ0) is 18.0. The van der Waals surface area contributed by atoms with Crippen LogP contribution in [0.5, 0.6) is 0 Å². The van der Waals surface area contributed by atoms with Crippen molar-refractivity contribution in [2.75, 3.05) is 11.9 Å². The SMILES string of the molecule is CCOC(=O)c1cnc2nc(C)ccc2c1Nc1c(Cl)cccc1Cl. The summed E-state index contributed by atoms with van der Waals surface area (Å²) in [6.45, 7) is 3.88. The summed E-state index contributed by atoms with van der Waals surface area (Å²) in [5.74, 6) is -0.483. The molecule has 0 unspecified atom stereocenters. The minimum absolute atomic E-state index is 0.259. The van der Waals surface area contributed by atoms with Crippen molar-refractivity contribution in [1.29, 1.82) is 0 Å². The number of nitrogens with zero attached hydrogens (tertiary/aromatic N) is 2. The summed E-state index contributed by atoms with van der Waals surface area (Å²) >= 11 is 12.5. The Bertz CT molecular complexity index is 940. The highest BCUT2D eigenvalue weighted by Crippen LogP contribution is 2.36. The third kappa shape index (κ3) is 3.52. The molecular weight excluding hydrogens is 361 g/mol. The molecule has 0 aliphatic heterocycles. The van der Waals surface area contributed by atoms with Gasteiger partial charge in [-0.1, -0.05) is 29.3 Å². The second kappa shape index (κ2) is 7.25. The van der Waals surface area contributed by atoms with Crippen LogP contribution in [-0.2, 0) is 4.74 Å². The highest BCUT2D eigenvalue weighted by atomic mass is 35.5. The first-order valence-corrected chi connectivity index (χ1v) is 8.41. The highest BCUT2D eigenvalue weighted by Gasteiger charge is 2.19. The number of carbonyl (C=O) groups excluding carboxylic acids is 1. The number of benzene rings is 1. The molecule has 3 aromatic rings. The van der Waals surface area contributed by atoms with E-state index in [1.165, 1.54) is 6.20 Å². The molecule has 0 amide bonds. The average Bonchev–Trinajstić information content (AvgIpc) is 2.58. The van der Waals surface area contributed by atoms with Gasteiger partial charge in [0.2, 0.25) is 0 Å². The molecule has 0 spiro atoms. The maximum absolute atomic E-state index is 12.3. The van der Waals surface area contributed by atoms with Crippen LogP contribution < -0.4 is 5.32 Å². The normalized spacial score (nSPS) is 10.7. The zero-order valence-electron chi connectivity index (χ0n) is 13.6. The number of hydrogen-bond acceptors (Lipinski definition) is 5. The summed E-state index contributed by atoms with van der Waals surface area (Å²) in [4.78, 5) is 21.0. The van der Waals surface area contributed by atoms with Crippen molar-refractivity contribution in [2.24, 2.45) is 0 Å². The second-order valence-corrected chi connectivity index (χ2v) is 6.13. The molecule has 2 aromatic heterocycles. The van der Waals surface area contributed by atoms with Gasteiger partial charge in [0.15, 0.2) is 5.65 Å². The van der Waals surface area contributed by atoms with Crippen molar-refractivity contribution < 1.29 is 9.53 Å². The Morgan fingerprint density at radius 3 is 2.56 bits per heavy atom. The van der Waals surface area contributed by atoms with E-state index in [9.17, 15) is 4.79 Å². The van der Waals surface area contributed by atoms with Crippen molar-refractivity contribution in [3.05, 3.63) is 57.8 Å². The molecule has 5 nitrogen and oxygen atoms in total. The van der Waals surface area contributed by atoms with Gasteiger partial charge in [0, 0.05) is 17.3 Å². The minimum Gasteiger partial charge on any atom is -0.462 e. The average molecular weight is 376 g/mol. The van der Waals surface area contributed by atoms with E-state index >= 15 is 0 Å².